The molecule has 5 nitrogen and oxygen atoms in total. The summed E-state index contributed by atoms with van der Waals surface area (Å²) in [5.74, 6) is -0.275. The Bertz CT molecular complexity index is 995. The van der Waals surface area contributed by atoms with Gasteiger partial charge in [0.1, 0.15) is 5.82 Å². The molecule has 2 aromatic carbocycles. The summed E-state index contributed by atoms with van der Waals surface area (Å²) in [6.45, 7) is 1.69. The third-order valence-corrected chi connectivity index (χ3v) is 7.43. The number of carbonyl (C=O) groups is 2. The van der Waals surface area contributed by atoms with Gasteiger partial charge in [0.15, 0.2) is 5.78 Å². The molecular formula is C24H26ClFN2O3S. The molecule has 0 aromatic heterocycles. The molecule has 0 radical (unpaired) electrons. The first-order valence-corrected chi connectivity index (χ1v) is 12.2. The first-order chi connectivity index (χ1) is 15.4. The Morgan fingerprint density at radius 2 is 1.94 bits per heavy atom. The number of fused-ring (bicyclic) bond motifs is 1. The predicted molar refractivity (Wildman–Crippen MR) is 125 cm³/mol. The number of hydrogen-bond donors (Lipinski definition) is 1. The standard InChI is InChI=1S/C24H26ClFN2O3S/c25-17-4-1-16(2-5-17)13-28-21-11-18(22(29)6-3-15-7-9-31-10-8-15)19(26)12-23(21)32-14-20(27)24(28)30/h1-2,4-5,11-12,15,20H,3,6-10,13-14,27H2/t20-/m0/s1. The Hall–Kier alpha value is -1.93. The van der Waals surface area contributed by atoms with Crippen molar-refractivity contribution in [3.8, 4) is 0 Å². The van der Waals surface area contributed by atoms with E-state index < -0.39 is 11.9 Å². The Morgan fingerprint density at radius 3 is 2.66 bits per heavy atom. The van der Waals surface area contributed by atoms with E-state index in [1.807, 2.05) is 12.1 Å². The predicted octanol–water partition coefficient (Wildman–Crippen LogP) is 4.83. The zero-order valence-electron chi connectivity index (χ0n) is 17.7. The van der Waals surface area contributed by atoms with Gasteiger partial charge in [0.05, 0.1) is 23.8 Å². The lowest BCUT2D eigenvalue weighted by Gasteiger charge is -2.25. The van der Waals surface area contributed by atoms with Gasteiger partial charge < -0.3 is 15.4 Å². The maximum atomic E-state index is 14.9. The van der Waals surface area contributed by atoms with Crippen LogP contribution < -0.4 is 10.6 Å². The summed E-state index contributed by atoms with van der Waals surface area (Å²) in [5.41, 5.74) is 7.51. The number of carbonyl (C=O) groups excluding carboxylic acids is 2. The summed E-state index contributed by atoms with van der Waals surface area (Å²) in [4.78, 5) is 28.1. The number of halogens is 2. The van der Waals surface area contributed by atoms with Gasteiger partial charge in [0.2, 0.25) is 5.91 Å². The van der Waals surface area contributed by atoms with E-state index in [0.29, 0.717) is 46.9 Å². The fourth-order valence-corrected chi connectivity index (χ4v) is 5.23. The normalized spacial score (nSPS) is 19.5. The lowest BCUT2D eigenvalue weighted by Crippen LogP contribution is -2.44. The lowest BCUT2D eigenvalue weighted by molar-refractivity contribution is -0.119. The van der Waals surface area contributed by atoms with E-state index in [1.54, 1.807) is 17.0 Å². The van der Waals surface area contributed by atoms with E-state index in [9.17, 15) is 14.0 Å². The molecule has 2 aromatic rings. The van der Waals surface area contributed by atoms with Crippen LogP contribution in [0.1, 0.15) is 41.6 Å². The molecule has 0 aliphatic carbocycles. The van der Waals surface area contributed by atoms with Crippen molar-refractivity contribution in [2.45, 2.75) is 43.2 Å². The van der Waals surface area contributed by atoms with Crippen molar-refractivity contribution >= 4 is 40.7 Å². The third-order valence-electron chi connectivity index (χ3n) is 6.02. The number of nitrogens with zero attached hydrogens (tertiary/aromatic N) is 1. The van der Waals surface area contributed by atoms with Gasteiger partial charge in [-0.2, -0.15) is 0 Å². The highest BCUT2D eigenvalue weighted by atomic mass is 35.5. The molecule has 4 rings (SSSR count). The maximum absolute atomic E-state index is 14.9. The minimum Gasteiger partial charge on any atom is -0.381 e. The Labute approximate surface area is 196 Å². The number of amides is 1. The first-order valence-electron chi connectivity index (χ1n) is 10.8. The van der Waals surface area contributed by atoms with Crippen LogP contribution in [0.5, 0.6) is 0 Å². The van der Waals surface area contributed by atoms with Crippen LogP contribution in [0, 0.1) is 11.7 Å². The topological polar surface area (TPSA) is 72.6 Å². The van der Waals surface area contributed by atoms with E-state index in [-0.39, 0.29) is 30.2 Å². The van der Waals surface area contributed by atoms with Crippen LogP contribution in [0.2, 0.25) is 5.02 Å². The van der Waals surface area contributed by atoms with E-state index in [1.165, 1.54) is 23.9 Å². The van der Waals surface area contributed by atoms with Crippen LogP contribution in [-0.2, 0) is 16.1 Å². The molecule has 1 saturated heterocycles. The van der Waals surface area contributed by atoms with Crippen molar-refractivity contribution < 1.29 is 18.7 Å². The zero-order chi connectivity index (χ0) is 22.7. The number of hydrogen-bond acceptors (Lipinski definition) is 5. The van der Waals surface area contributed by atoms with Crippen LogP contribution in [0.25, 0.3) is 0 Å². The van der Waals surface area contributed by atoms with Gasteiger partial charge >= 0.3 is 0 Å². The minimum atomic E-state index is -0.713. The smallest absolute Gasteiger partial charge is 0.245 e. The minimum absolute atomic E-state index is 0.0285. The van der Waals surface area contributed by atoms with E-state index in [2.05, 4.69) is 0 Å². The fraction of sp³-hybridized carbons (Fsp3) is 0.417. The molecule has 32 heavy (non-hydrogen) atoms. The van der Waals surface area contributed by atoms with Crippen molar-refractivity contribution in [1.82, 2.24) is 0 Å². The largest absolute Gasteiger partial charge is 0.381 e. The highest BCUT2D eigenvalue weighted by Gasteiger charge is 2.30. The second-order valence-corrected chi connectivity index (χ2v) is 9.78. The number of ketones is 1. The number of rotatable bonds is 6. The monoisotopic (exact) mass is 476 g/mol. The molecule has 2 aliphatic rings. The van der Waals surface area contributed by atoms with Gasteiger partial charge in [0.25, 0.3) is 0 Å². The number of benzene rings is 2. The van der Waals surface area contributed by atoms with Crippen molar-refractivity contribution in [2.24, 2.45) is 11.7 Å². The van der Waals surface area contributed by atoms with Gasteiger partial charge in [-0.15, -0.1) is 11.8 Å². The molecule has 2 heterocycles. The fourth-order valence-electron chi connectivity index (χ4n) is 4.09. The SMILES string of the molecule is N[C@H]1CSc2cc(F)c(C(=O)CCC3CCOCC3)cc2N(Cc2ccc(Cl)cc2)C1=O. The molecule has 0 saturated carbocycles. The lowest BCUT2D eigenvalue weighted by atomic mass is 9.92. The van der Waals surface area contributed by atoms with Crippen LogP contribution in [-0.4, -0.2) is 36.7 Å². The number of anilines is 1. The quantitative estimate of drug-likeness (QED) is 0.604. The highest BCUT2D eigenvalue weighted by molar-refractivity contribution is 7.99. The van der Waals surface area contributed by atoms with E-state index in [0.717, 1.165) is 18.4 Å². The van der Waals surface area contributed by atoms with Crippen molar-refractivity contribution in [3.63, 3.8) is 0 Å². The number of Topliss-reactive ketones (excluding diaryl/α,β-unsaturated/α-hetero) is 1. The van der Waals surface area contributed by atoms with Gasteiger partial charge in [-0.3, -0.25) is 9.59 Å². The average molecular weight is 477 g/mol. The van der Waals surface area contributed by atoms with Crippen LogP contribution >= 0.6 is 23.4 Å². The molecule has 2 aliphatic heterocycles. The third kappa shape index (κ3) is 5.34. The van der Waals surface area contributed by atoms with Crippen LogP contribution in [0.3, 0.4) is 0 Å². The first kappa shape index (κ1) is 23.2. The summed E-state index contributed by atoms with van der Waals surface area (Å²) >= 11 is 7.32. The molecule has 170 valence electrons. The number of ether oxygens (including phenoxy) is 1. The summed E-state index contributed by atoms with van der Waals surface area (Å²) in [5, 5.41) is 0.600. The molecule has 8 heteroatoms. The van der Waals surface area contributed by atoms with Gasteiger partial charge in [-0.1, -0.05) is 23.7 Å². The second-order valence-electron chi connectivity index (χ2n) is 8.29. The molecule has 2 N–H and O–H groups in total. The molecule has 1 amide bonds. The van der Waals surface area contributed by atoms with E-state index in [4.69, 9.17) is 22.1 Å². The maximum Gasteiger partial charge on any atom is 0.245 e. The number of thioether (sulfide) groups is 1. The van der Waals surface area contributed by atoms with Crippen molar-refractivity contribution in [2.75, 3.05) is 23.9 Å². The Morgan fingerprint density at radius 1 is 1.22 bits per heavy atom. The number of nitrogens with two attached hydrogens (primary N) is 1. The second kappa shape index (κ2) is 10.3. The van der Waals surface area contributed by atoms with E-state index >= 15 is 0 Å². The summed E-state index contributed by atoms with van der Waals surface area (Å²) < 4.78 is 20.3. The Balaban J connectivity index is 1.61. The van der Waals surface area contributed by atoms with Crippen molar-refractivity contribution in [1.29, 1.82) is 0 Å². The average Bonchev–Trinajstić information content (AvgIpc) is 2.91. The zero-order valence-corrected chi connectivity index (χ0v) is 19.3. The van der Waals surface area contributed by atoms with Gasteiger partial charge in [-0.25, -0.2) is 4.39 Å². The molecule has 0 bridgehead atoms. The molecule has 0 spiro atoms. The summed E-state index contributed by atoms with van der Waals surface area (Å²) in [6.07, 6.45) is 2.85. The summed E-state index contributed by atoms with van der Waals surface area (Å²) in [6, 6.07) is 9.35. The van der Waals surface area contributed by atoms with Gasteiger partial charge in [-0.05, 0) is 55.0 Å². The van der Waals surface area contributed by atoms with Crippen LogP contribution in [0.4, 0.5) is 10.1 Å². The molecule has 0 unspecified atom stereocenters. The molecule has 1 fully saturated rings. The van der Waals surface area contributed by atoms with Gasteiger partial charge in [0, 0.05) is 35.3 Å². The van der Waals surface area contributed by atoms with Crippen molar-refractivity contribution in [3.05, 3.63) is 58.4 Å². The molecular weight excluding hydrogens is 451 g/mol. The Kier molecular flexibility index (Phi) is 7.51. The summed E-state index contributed by atoms with van der Waals surface area (Å²) in [7, 11) is 0. The highest BCUT2D eigenvalue weighted by Crippen LogP contribution is 2.37. The molecule has 1 atom stereocenters. The van der Waals surface area contributed by atoms with Crippen LogP contribution in [0.15, 0.2) is 41.3 Å².